The number of nitrogens with one attached hydrogen (secondary N) is 1. The molecule has 0 spiro atoms. The molecule has 0 radical (unpaired) electrons. The molecule has 11 heteroatoms. The van der Waals surface area contributed by atoms with Crippen LogP contribution in [0, 0.1) is 47.6 Å². The zero-order valence-electron chi connectivity index (χ0n) is 15.2. The molecule has 0 unspecified atom stereocenters. The van der Waals surface area contributed by atoms with E-state index in [0.29, 0.717) is 12.1 Å². The van der Waals surface area contributed by atoms with Gasteiger partial charge in [-0.05, 0) is 36.8 Å². The van der Waals surface area contributed by atoms with Gasteiger partial charge in [0.15, 0.2) is 11.6 Å². The number of halogens is 8. The molecule has 3 aromatic carbocycles. The van der Waals surface area contributed by atoms with Crippen molar-refractivity contribution in [3.8, 4) is 5.75 Å². The molecule has 0 amide bonds. The second kappa shape index (κ2) is 8.46. The summed E-state index contributed by atoms with van der Waals surface area (Å²) in [5, 5.41) is 2.42. The number of carbonyl (C=O) groups is 1. The normalized spacial score (nSPS) is 10.9. The van der Waals surface area contributed by atoms with Crippen LogP contribution in [-0.4, -0.2) is 5.97 Å². The van der Waals surface area contributed by atoms with Crippen LogP contribution in [0.1, 0.15) is 15.9 Å². The number of esters is 1. The summed E-state index contributed by atoms with van der Waals surface area (Å²) in [5.41, 5.74) is -0.887. The first kappa shape index (κ1) is 22.4. The average Bonchev–Trinajstić information content (AvgIpc) is 2.73. The first-order valence-electron chi connectivity index (χ1n) is 8.27. The van der Waals surface area contributed by atoms with Crippen LogP contribution in [0.3, 0.4) is 0 Å². The van der Waals surface area contributed by atoms with Crippen LogP contribution in [0.2, 0.25) is 5.02 Å². The molecular formula is C20H9ClF7NO2. The van der Waals surface area contributed by atoms with Crippen molar-refractivity contribution in [1.29, 1.82) is 0 Å². The highest BCUT2D eigenvalue weighted by Gasteiger charge is 2.30. The minimum atomic E-state index is -2.46. The van der Waals surface area contributed by atoms with Crippen LogP contribution in [0.25, 0.3) is 0 Å². The summed E-state index contributed by atoms with van der Waals surface area (Å²) in [7, 11) is 0. The molecule has 0 saturated carbocycles. The maximum absolute atomic E-state index is 14.4. The highest BCUT2D eigenvalue weighted by molar-refractivity contribution is 6.33. The molecule has 0 aliphatic heterocycles. The minimum Gasteiger partial charge on any atom is -0.416 e. The van der Waals surface area contributed by atoms with Gasteiger partial charge in [-0.15, -0.1) is 0 Å². The second-order valence-electron chi connectivity index (χ2n) is 6.18. The quantitative estimate of drug-likeness (QED) is 0.156. The van der Waals surface area contributed by atoms with Crippen molar-refractivity contribution in [2.45, 2.75) is 6.92 Å². The minimum absolute atomic E-state index is 0.0297. The van der Waals surface area contributed by atoms with Gasteiger partial charge in [0.1, 0.15) is 0 Å². The third kappa shape index (κ3) is 4.15. The zero-order valence-corrected chi connectivity index (χ0v) is 16.0. The lowest BCUT2D eigenvalue weighted by atomic mass is 10.1. The largest absolute Gasteiger partial charge is 0.416 e. The third-order valence-electron chi connectivity index (χ3n) is 4.06. The zero-order chi connectivity index (χ0) is 23.0. The molecule has 0 bridgehead atoms. The Morgan fingerprint density at radius 1 is 0.839 bits per heavy atom. The number of benzene rings is 3. The first-order valence-corrected chi connectivity index (χ1v) is 8.65. The molecule has 1 N–H and O–H groups in total. The van der Waals surface area contributed by atoms with Gasteiger partial charge in [0, 0.05) is 0 Å². The highest BCUT2D eigenvalue weighted by atomic mass is 35.5. The van der Waals surface area contributed by atoms with E-state index in [9.17, 15) is 35.5 Å². The highest BCUT2D eigenvalue weighted by Crippen LogP contribution is 2.33. The maximum Gasteiger partial charge on any atom is 0.345 e. The third-order valence-corrected chi connectivity index (χ3v) is 4.38. The van der Waals surface area contributed by atoms with E-state index < -0.39 is 63.7 Å². The van der Waals surface area contributed by atoms with Crippen molar-refractivity contribution >= 4 is 28.9 Å². The molecule has 3 aromatic rings. The Hall–Kier alpha value is -3.27. The van der Waals surface area contributed by atoms with Gasteiger partial charge < -0.3 is 10.1 Å². The SMILES string of the molecule is Cc1ccc(Nc2c(C(=O)Oc3c(F)c(F)c(F)c(F)c3F)ccc(F)c2F)c(Cl)c1. The fourth-order valence-corrected chi connectivity index (χ4v) is 2.80. The van der Waals surface area contributed by atoms with E-state index in [1.165, 1.54) is 12.1 Å². The summed E-state index contributed by atoms with van der Waals surface area (Å²) in [6.07, 6.45) is 0. The van der Waals surface area contributed by atoms with Crippen LogP contribution in [-0.2, 0) is 0 Å². The number of ether oxygens (including phenoxy) is 1. The smallest absolute Gasteiger partial charge is 0.345 e. The Morgan fingerprint density at radius 3 is 2.00 bits per heavy atom. The number of anilines is 2. The lowest BCUT2D eigenvalue weighted by Gasteiger charge is -2.15. The van der Waals surface area contributed by atoms with Crippen molar-refractivity contribution in [3.05, 3.63) is 87.2 Å². The molecule has 31 heavy (non-hydrogen) atoms. The molecule has 0 aliphatic carbocycles. The van der Waals surface area contributed by atoms with Gasteiger partial charge in [0.2, 0.25) is 34.8 Å². The fourth-order valence-electron chi connectivity index (χ4n) is 2.52. The summed E-state index contributed by atoms with van der Waals surface area (Å²) in [4.78, 5) is 12.4. The van der Waals surface area contributed by atoms with E-state index in [2.05, 4.69) is 10.1 Å². The van der Waals surface area contributed by atoms with Gasteiger partial charge >= 0.3 is 5.97 Å². The topological polar surface area (TPSA) is 38.3 Å². The van der Waals surface area contributed by atoms with Crippen molar-refractivity contribution in [3.63, 3.8) is 0 Å². The van der Waals surface area contributed by atoms with Gasteiger partial charge in [-0.25, -0.2) is 26.7 Å². The van der Waals surface area contributed by atoms with Crippen molar-refractivity contribution in [2.75, 3.05) is 5.32 Å². The van der Waals surface area contributed by atoms with E-state index in [0.717, 1.165) is 5.56 Å². The van der Waals surface area contributed by atoms with Crippen LogP contribution in [0.15, 0.2) is 30.3 Å². The predicted molar refractivity (Wildman–Crippen MR) is 97.0 cm³/mol. The van der Waals surface area contributed by atoms with Gasteiger partial charge in [-0.1, -0.05) is 17.7 Å². The molecule has 0 saturated heterocycles. The Labute approximate surface area is 175 Å². The monoisotopic (exact) mass is 463 g/mol. The van der Waals surface area contributed by atoms with E-state index in [4.69, 9.17) is 11.6 Å². The second-order valence-corrected chi connectivity index (χ2v) is 6.59. The summed E-state index contributed by atoms with van der Waals surface area (Å²) in [6.45, 7) is 1.70. The maximum atomic E-state index is 14.4. The van der Waals surface area contributed by atoms with Crippen LogP contribution in [0.4, 0.5) is 42.1 Å². The Morgan fingerprint density at radius 2 is 1.42 bits per heavy atom. The van der Waals surface area contributed by atoms with Crippen LogP contribution in [0.5, 0.6) is 5.75 Å². The molecule has 0 aromatic heterocycles. The molecule has 0 aliphatic rings. The average molecular weight is 464 g/mol. The lowest BCUT2D eigenvalue weighted by Crippen LogP contribution is -2.16. The number of aryl methyl sites for hydroxylation is 1. The fraction of sp³-hybridized carbons (Fsp3) is 0.0500. The lowest BCUT2D eigenvalue weighted by molar-refractivity contribution is 0.0716. The number of hydrogen-bond donors (Lipinski definition) is 1. The molecule has 0 fully saturated rings. The first-order chi connectivity index (χ1) is 14.5. The van der Waals surface area contributed by atoms with Crippen molar-refractivity contribution in [2.24, 2.45) is 0 Å². The standard InChI is InChI=1S/C20H9ClF7NO2/c1-7-2-5-11(9(21)6-7)29-18-8(3-4-10(22)12(18)23)20(30)31-19-16(27)14(25)13(24)15(26)17(19)28/h2-6,29H,1H3. The molecule has 3 rings (SSSR count). The van der Waals surface area contributed by atoms with Gasteiger partial charge in [0.25, 0.3) is 0 Å². The van der Waals surface area contributed by atoms with Gasteiger partial charge in [0.05, 0.1) is 22.0 Å². The number of carbonyl (C=O) groups excluding carboxylic acids is 1. The summed E-state index contributed by atoms with van der Waals surface area (Å²) < 4.78 is 99.8. The number of rotatable bonds is 4. The molecule has 0 atom stereocenters. The summed E-state index contributed by atoms with van der Waals surface area (Å²) in [5.74, 6) is -18.6. The van der Waals surface area contributed by atoms with Crippen molar-refractivity contribution < 1.29 is 40.3 Å². The summed E-state index contributed by atoms with van der Waals surface area (Å²) in [6, 6.07) is 5.59. The van der Waals surface area contributed by atoms with E-state index >= 15 is 0 Å². The van der Waals surface area contributed by atoms with Crippen LogP contribution >= 0.6 is 11.6 Å². The van der Waals surface area contributed by atoms with E-state index in [1.54, 1.807) is 13.0 Å². The Bertz CT molecular complexity index is 1190. The van der Waals surface area contributed by atoms with Gasteiger partial charge in [-0.2, -0.15) is 8.78 Å². The predicted octanol–water partition coefficient (Wildman–Crippen LogP) is 6.58. The Balaban J connectivity index is 2.06. The molecule has 162 valence electrons. The van der Waals surface area contributed by atoms with Crippen molar-refractivity contribution in [1.82, 2.24) is 0 Å². The molecule has 3 nitrogen and oxygen atoms in total. The molecular weight excluding hydrogens is 455 g/mol. The van der Waals surface area contributed by atoms with E-state index in [-0.39, 0.29) is 10.7 Å². The molecule has 0 heterocycles. The van der Waals surface area contributed by atoms with E-state index in [1.807, 2.05) is 0 Å². The van der Waals surface area contributed by atoms with Gasteiger partial charge in [-0.3, -0.25) is 0 Å². The Kier molecular flexibility index (Phi) is 6.12. The van der Waals surface area contributed by atoms with Crippen LogP contribution < -0.4 is 10.1 Å². The summed E-state index contributed by atoms with van der Waals surface area (Å²) >= 11 is 6.01. The number of hydrogen-bond acceptors (Lipinski definition) is 3.